The number of hydrogen-bond acceptors (Lipinski definition) is 6. The van der Waals surface area contributed by atoms with E-state index in [9.17, 15) is 13.2 Å². The van der Waals surface area contributed by atoms with Gasteiger partial charge in [-0.25, -0.2) is 8.42 Å². The van der Waals surface area contributed by atoms with Crippen molar-refractivity contribution in [1.82, 2.24) is 5.16 Å². The van der Waals surface area contributed by atoms with Gasteiger partial charge < -0.3 is 14.6 Å². The number of sulfonamides is 1. The normalized spacial score (nSPS) is 11.2. The monoisotopic (exact) mass is 479 g/mol. The molecule has 0 radical (unpaired) electrons. The van der Waals surface area contributed by atoms with E-state index >= 15 is 0 Å². The Hall–Kier alpha value is -2.85. The van der Waals surface area contributed by atoms with Gasteiger partial charge in [0.1, 0.15) is 16.4 Å². The molecule has 3 rings (SSSR count). The number of nitrogens with one attached hydrogen (secondary N) is 2. The summed E-state index contributed by atoms with van der Waals surface area (Å²) in [6.07, 6.45) is 0. The fraction of sp³-hybridized carbons (Fsp3) is 0.158. The number of hydrogen-bond donors (Lipinski definition) is 2. The van der Waals surface area contributed by atoms with Gasteiger partial charge in [-0.15, -0.1) is 0 Å². The van der Waals surface area contributed by atoms with Crippen LogP contribution in [0.3, 0.4) is 0 Å². The summed E-state index contributed by atoms with van der Waals surface area (Å²) in [5.74, 6) is 0.0994. The van der Waals surface area contributed by atoms with Gasteiger partial charge in [0.25, 0.3) is 15.9 Å². The van der Waals surface area contributed by atoms with Crippen LogP contribution in [-0.2, 0) is 10.0 Å². The number of benzene rings is 2. The van der Waals surface area contributed by atoms with Crippen LogP contribution in [0, 0.1) is 13.8 Å². The molecule has 1 heterocycles. The number of nitrogens with zero attached hydrogens (tertiary/aromatic N) is 1. The molecule has 0 bridgehead atoms. The van der Waals surface area contributed by atoms with E-state index in [0.717, 1.165) is 5.56 Å². The number of aryl methyl sites for hydroxylation is 2. The maximum Gasteiger partial charge on any atom is 0.277 e. The van der Waals surface area contributed by atoms with Crippen LogP contribution in [0.15, 0.2) is 56.4 Å². The number of halogens is 1. The van der Waals surface area contributed by atoms with Gasteiger partial charge >= 0.3 is 0 Å². The summed E-state index contributed by atoms with van der Waals surface area (Å²) in [5.41, 5.74) is 1.63. The Balaban J connectivity index is 1.93. The number of rotatable bonds is 6. The lowest BCUT2D eigenvalue weighted by molar-refractivity contribution is 0.101. The topological polar surface area (TPSA) is 111 Å². The SMILES string of the molecule is COc1ccc(NC(=O)c2cc(C)on2)cc1S(=O)(=O)Nc1cc(C)ccc1Br. The molecular formula is C19H18BrN3O5S. The van der Waals surface area contributed by atoms with Crippen molar-refractivity contribution in [2.75, 3.05) is 17.1 Å². The van der Waals surface area contributed by atoms with Crippen LogP contribution in [0.1, 0.15) is 21.8 Å². The molecule has 1 aromatic heterocycles. The Morgan fingerprint density at radius 2 is 1.90 bits per heavy atom. The van der Waals surface area contributed by atoms with Gasteiger partial charge in [-0.2, -0.15) is 0 Å². The molecule has 2 aromatic carbocycles. The predicted octanol–water partition coefficient (Wildman–Crippen LogP) is 4.12. The lowest BCUT2D eigenvalue weighted by Gasteiger charge is -2.14. The molecule has 29 heavy (non-hydrogen) atoms. The van der Waals surface area contributed by atoms with Crippen LogP contribution < -0.4 is 14.8 Å². The fourth-order valence-corrected chi connectivity index (χ4v) is 4.29. The average Bonchev–Trinajstić information content (AvgIpc) is 3.11. The summed E-state index contributed by atoms with van der Waals surface area (Å²) in [5, 5.41) is 6.24. The third kappa shape index (κ3) is 4.77. The molecule has 10 heteroatoms. The minimum Gasteiger partial charge on any atom is -0.495 e. The Labute approximate surface area is 176 Å². The number of carbonyl (C=O) groups is 1. The minimum atomic E-state index is -4.00. The van der Waals surface area contributed by atoms with Gasteiger partial charge in [-0.05, 0) is 65.7 Å². The van der Waals surface area contributed by atoms with Crippen LogP contribution >= 0.6 is 15.9 Å². The van der Waals surface area contributed by atoms with Crippen LogP contribution in [0.4, 0.5) is 11.4 Å². The molecule has 0 saturated carbocycles. The molecule has 3 aromatic rings. The summed E-state index contributed by atoms with van der Waals surface area (Å²) in [6, 6.07) is 11.1. The van der Waals surface area contributed by atoms with Crippen molar-refractivity contribution in [3.05, 3.63) is 64.0 Å². The van der Waals surface area contributed by atoms with E-state index in [-0.39, 0.29) is 22.0 Å². The Morgan fingerprint density at radius 3 is 2.55 bits per heavy atom. The Morgan fingerprint density at radius 1 is 1.14 bits per heavy atom. The predicted molar refractivity (Wildman–Crippen MR) is 112 cm³/mol. The van der Waals surface area contributed by atoms with Crippen LogP contribution in [0.25, 0.3) is 0 Å². The summed E-state index contributed by atoms with van der Waals surface area (Å²) in [6.45, 7) is 3.52. The molecule has 0 atom stereocenters. The van der Waals surface area contributed by atoms with Gasteiger partial charge in [0.15, 0.2) is 5.69 Å². The minimum absolute atomic E-state index is 0.0875. The Kier molecular flexibility index (Phi) is 5.94. The maximum atomic E-state index is 13.0. The molecule has 1 amide bonds. The second-order valence-corrected chi connectivity index (χ2v) is 8.74. The zero-order valence-corrected chi connectivity index (χ0v) is 18.2. The second-order valence-electron chi connectivity index (χ2n) is 6.23. The van der Waals surface area contributed by atoms with Gasteiger partial charge in [-0.1, -0.05) is 11.2 Å². The largest absolute Gasteiger partial charge is 0.495 e. The van der Waals surface area contributed by atoms with E-state index < -0.39 is 15.9 Å². The van der Waals surface area contributed by atoms with Crippen LogP contribution in [0.2, 0.25) is 0 Å². The quantitative estimate of drug-likeness (QED) is 0.550. The number of methoxy groups -OCH3 is 1. The second kappa shape index (κ2) is 8.26. The number of carbonyl (C=O) groups excluding carboxylic acids is 1. The highest BCUT2D eigenvalue weighted by atomic mass is 79.9. The summed E-state index contributed by atoms with van der Waals surface area (Å²) in [4.78, 5) is 12.2. The van der Waals surface area contributed by atoms with E-state index in [1.165, 1.54) is 31.4 Å². The number of amides is 1. The molecule has 8 nitrogen and oxygen atoms in total. The molecule has 0 spiro atoms. The standard InChI is InChI=1S/C19H18BrN3O5S/c1-11-4-6-14(20)15(8-11)23-29(25,26)18-10-13(5-7-17(18)27-3)21-19(24)16-9-12(2)28-22-16/h4-10,23H,1-3H3,(H,21,24). The summed E-state index contributed by atoms with van der Waals surface area (Å²) < 4.78 is 39.2. The third-order valence-corrected chi connectivity index (χ3v) is 6.02. The van der Waals surface area contributed by atoms with Gasteiger partial charge in [0.05, 0.1) is 12.8 Å². The van der Waals surface area contributed by atoms with Crippen molar-refractivity contribution in [2.45, 2.75) is 18.7 Å². The van der Waals surface area contributed by atoms with E-state index in [1.807, 2.05) is 13.0 Å². The number of ether oxygens (including phenoxy) is 1. The lowest BCUT2D eigenvalue weighted by Crippen LogP contribution is -2.16. The zero-order valence-electron chi connectivity index (χ0n) is 15.8. The molecule has 152 valence electrons. The van der Waals surface area contributed by atoms with Crippen molar-refractivity contribution in [3.8, 4) is 5.75 Å². The highest BCUT2D eigenvalue weighted by Gasteiger charge is 2.22. The van der Waals surface area contributed by atoms with Gasteiger partial charge in [0, 0.05) is 16.2 Å². The maximum absolute atomic E-state index is 13.0. The van der Waals surface area contributed by atoms with Crippen molar-refractivity contribution in [3.63, 3.8) is 0 Å². The molecule has 0 fully saturated rings. The van der Waals surface area contributed by atoms with Gasteiger partial charge in [-0.3, -0.25) is 9.52 Å². The van der Waals surface area contributed by atoms with Crippen molar-refractivity contribution in [1.29, 1.82) is 0 Å². The van der Waals surface area contributed by atoms with Crippen LogP contribution in [0.5, 0.6) is 5.75 Å². The first-order valence-electron chi connectivity index (χ1n) is 8.41. The van der Waals surface area contributed by atoms with Crippen molar-refractivity contribution < 1.29 is 22.5 Å². The molecule has 2 N–H and O–H groups in total. The first kappa shape index (κ1) is 20.9. The van der Waals surface area contributed by atoms with E-state index in [0.29, 0.717) is 15.9 Å². The molecule has 0 saturated heterocycles. The zero-order chi connectivity index (χ0) is 21.2. The molecular weight excluding hydrogens is 462 g/mol. The lowest BCUT2D eigenvalue weighted by atomic mass is 10.2. The molecule has 0 aliphatic carbocycles. The van der Waals surface area contributed by atoms with E-state index in [4.69, 9.17) is 9.26 Å². The molecule has 0 aliphatic rings. The average molecular weight is 480 g/mol. The van der Waals surface area contributed by atoms with Crippen molar-refractivity contribution in [2.24, 2.45) is 0 Å². The van der Waals surface area contributed by atoms with E-state index in [1.54, 1.807) is 19.1 Å². The summed E-state index contributed by atoms with van der Waals surface area (Å²) >= 11 is 3.34. The fourth-order valence-electron chi connectivity index (χ4n) is 2.55. The first-order chi connectivity index (χ1) is 13.7. The number of aromatic nitrogens is 1. The highest BCUT2D eigenvalue weighted by Crippen LogP contribution is 2.31. The highest BCUT2D eigenvalue weighted by molar-refractivity contribution is 9.10. The number of anilines is 2. The third-order valence-electron chi connectivity index (χ3n) is 3.94. The van der Waals surface area contributed by atoms with E-state index in [2.05, 4.69) is 31.1 Å². The van der Waals surface area contributed by atoms with Gasteiger partial charge in [0.2, 0.25) is 0 Å². The Bertz CT molecular complexity index is 1170. The molecule has 0 aliphatic heterocycles. The smallest absolute Gasteiger partial charge is 0.277 e. The first-order valence-corrected chi connectivity index (χ1v) is 10.7. The van der Waals surface area contributed by atoms with Crippen molar-refractivity contribution >= 4 is 43.2 Å². The van der Waals surface area contributed by atoms with Crippen LogP contribution in [-0.4, -0.2) is 26.6 Å². The summed E-state index contributed by atoms with van der Waals surface area (Å²) in [7, 11) is -2.64. The molecule has 0 unspecified atom stereocenters.